The highest BCUT2D eigenvalue weighted by Crippen LogP contribution is 2.30. The maximum Gasteiger partial charge on any atom is 0.246 e. The Morgan fingerprint density at radius 3 is 2.83 bits per heavy atom. The molecule has 0 aromatic carbocycles. The maximum atomic E-state index is 12.3. The number of hydrogen-bond acceptors (Lipinski definition) is 4. The number of amides is 2. The second-order valence-electron chi connectivity index (χ2n) is 4.85. The van der Waals surface area contributed by atoms with Gasteiger partial charge in [-0.2, -0.15) is 0 Å². The van der Waals surface area contributed by atoms with Crippen molar-refractivity contribution in [2.75, 3.05) is 6.54 Å². The molecule has 2 heterocycles. The summed E-state index contributed by atoms with van der Waals surface area (Å²) in [5.41, 5.74) is -0.545. The molecule has 2 rings (SSSR count). The van der Waals surface area contributed by atoms with Crippen molar-refractivity contribution in [2.45, 2.75) is 38.8 Å². The molecule has 1 fully saturated rings. The first kappa shape index (κ1) is 13.0. The van der Waals surface area contributed by atoms with E-state index in [2.05, 4.69) is 10.3 Å². The summed E-state index contributed by atoms with van der Waals surface area (Å²) >= 11 is 1.50. The molecule has 1 unspecified atom stereocenters. The molecule has 0 spiro atoms. The van der Waals surface area contributed by atoms with Gasteiger partial charge in [0.15, 0.2) is 0 Å². The van der Waals surface area contributed by atoms with Crippen molar-refractivity contribution in [1.29, 1.82) is 0 Å². The van der Waals surface area contributed by atoms with Crippen LogP contribution in [0.2, 0.25) is 0 Å². The number of nitrogens with zero attached hydrogens (tertiary/aromatic N) is 2. The topological polar surface area (TPSA) is 62.3 Å². The van der Waals surface area contributed by atoms with Gasteiger partial charge in [0.05, 0.1) is 5.54 Å². The third-order valence-electron chi connectivity index (χ3n) is 3.24. The number of aromatic nitrogens is 1. The van der Waals surface area contributed by atoms with Crippen LogP contribution in [0, 0.1) is 0 Å². The van der Waals surface area contributed by atoms with Gasteiger partial charge >= 0.3 is 0 Å². The van der Waals surface area contributed by atoms with E-state index in [0.29, 0.717) is 6.42 Å². The molecule has 1 atom stereocenters. The number of nitrogens with one attached hydrogen (secondary N) is 1. The number of rotatable bonds is 3. The molecule has 6 heteroatoms. The Kier molecular flexibility index (Phi) is 3.38. The van der Waals surface area contributed by atoms with Crippen LogP contribution in [0.5, 0.6) is 0 Å². The van der Waals surface area contributed by atoms with Crippen molar-refractivity contribution in [2.24, 2.45) is 0 Å². The Morgan fingerprint density at radius 1 is 1.56 bits per heavy atom. The van der Waals surface area contributed by atoms with Gasteiger partial charge in [0, 0.05) is 11.6 Å². The fraction of sp³-hybridized carbons (Fsp3) is 0.583. The smallest absolute Gasteiger partial charge is 0.246 e. The van der Waals surface area contributed by atoms with E-state index in [-0.39, 0.29) is 18.4 Å². The Morgan fingerprint density at radius 2 is 2.28 bits per heavy atom. The first-order valence-electron chi connectivity index (χ1n) is 5.97. The highest BCUT2D eigenvalue weighted by molar-refractivity contribution is 7.09. The van der Waals surface area contributed by atoms with Crippen LogP contribution in [-0.4, -0.2) is 34.3 Å². The lowest BCUT2D eigenvalue weighted by molar-refractivity contribution is -0.150. The third-order valence-corrected chi connectivity index (χ3v) is 4.33. The molecule has 1 aromatic rings. The second kappa shape index (κ2) is 4.68. The van der Waals surface area contributed by atoms with Crippen molar-refractivity contribution >= 4 is 23.2 Å². The number of hydrogen-bond donors (Lipinski definition) is 1. The Labute approximate surface area is 110 Å². The average Bonchev–Trinajstić information content (AvgIpc) is 2.85. The lowest BCUT2D eigenvalue weighted by Crippen LogP contribution is -2.62. The third kappa shape index (κ3) is 2.12. The summed E-state index contributed by atoms with van der Waals surface area (Å²) in [5.74, 6) is -0.136. The number of piperazine rings is 1. The summed E-state index contributed by atoms with van der Waals surface area (Å²) in [7, 11) is 0. The van der Waals surface area contributed by atoms with Gasteiger partial charge in [-0.3, -0.25) is 9.59 Å². The van der Waals surface area contributed by atoms with Crippen LogP contribution in [0.15, 0.2) is 11.6 Å². The van der Waals surface area contributed by atoms with Crippen molar-refractivity contribution in [3.63, 3.8) is 0 Å². The number of thiazole rings is 1. The molecule has 0 radical (unpaired) electrons. The van der Waals surface area contributed by atoms with E-state index in [9.17, 15) is 9.59 Å². The minimum absolute atomic E-state index is 0.0303. The standard InChI is InChI=1S/C12H17N3O2S/c1-4-8-10(17)15(7-9(16)14-8)12(2,3)11-13-5-6-18-11/h5-6,8H,4,7H2,1-3H3,(H,14,16). The highest BCUT2D eigenvalue weighted by atomic mass is 32.1. The lowest BCUT2D eigenvalue weighted by atomic mass is 9.99. The summed E-state index contributed by atoms with van der Waals surface area (Å²) in [6.07, 6.45) is 2.32. The Balaban J connectivity index is 2.31. The zero-order valence-corrected chi connectivity index (χ0v) is 11.6. The van der Waals surface area contributed by atoms with Gasteiger partial charge in [-0.05, 0) is 20.3 Å². The van der Waals surface area contributed by atoms with Crippen molar-refractivity contribution in [3.05, 3.63) is 16.6 Å². The fourth-order valence-electron chi connectivity index (χ4n) is 2.10. The molecule has 0 bridgehead atoms. The van der Waals surface area contributed by atoms with E-state index >= 15 is 0 Å². The predicted octanol–water partition coefficient (Wildman–Crippen LogP) is 1.12. The van der Waals surface area contributed by atoms with E-state index in [1.54, 1.807) is 11.1 Å². The van der Waals surface area contributed by atoms with E-state index < -0.39 is 11.6 Å². The summed E-state index contributed by atoms with van der Waals surface area (Å²) in [5, 5.41) is 5.44. The van der Waals surface area contributed by atoms with E-state index in [0.717, 1.165) is 5.01 Å². The predicted molar refractivity (Wildman–Crippen MR) is 69.1 cm³/mol. The number of carbonyl (C=O) groups excluding carboxylic acids is 2. The summed E-state index contributed by atoms with van der Waals surface area (Å²) in [4.78, 5) is 29.9. The molecule has 1 aliphatic rings. The van der Waals surface area contributed by atoms with Gasteiger partial charge in [0.1, 0.15) is 17.6 Å². The molecule has 1 aromatic heterocycles. The molecule has 0 aliphatic carbocycles. The second-order valence-corrected chi connectivity index (χ2v) is 5.74. The van der Waals surface area contributed by atoms with Crippen LogP contribution in [0.3, 0.4) is 0 Å². The number of carbonyl (C=O) groups is 2. The molecular weight excluding hydrogens is 250 g/mol. The largest absolute Gasteiger partial charge is 0.343 e. The first-order chi connectivity index (χ1) is 8.46. The maximum absolute atomic E-state index is 12.3. The van der Waals surface area contributed by atoms with Crippen LogP contribution < -0.4 is 5.32 Å². The molecular formula is C12H17N3O2S. The van der Waals surface area contributed by atoms with Gasteiger partial charge in [-0.1, -0.05) is 6.92 Å². The van der Waals surface area contributed by atoms with Crippen LogP contribution in [0.4, 0.5) is 0 Å². The monoisotopic (exact) mass is 267 g/mol. The molecule has 1 aliphatic heterocycles. The first-order valence-corrected chi connectivity index (χ1v) is 6.85. The summed E-state index contributed by atoms with van der Waals surface area (Å²) in [6, 6.07) is -0.412. The zero-order valence-electron chi connectivity index (χ0n) is 10.8. The lowest BCUT2D eigenvalue weighted by Gasteiger charge is -2.41. The van der Waals surface area contributed by atoms with Crippen LogP contribution in [-0.2, 0) is 15.1 Å². The van der Waals surface area contributed by atoms with Gasteiger partial charge < -0.3 is 10.2 Å². The highest BCUT2D eigenvalue weighted by Gasteiger charge is 2.41. The van der Waals surface area contributed by atoms with Gasteiger partial charge in [0.2, 0.25) is 11.8 Å². The van der Waals surface area contributed by atoms with Crippen LogP contribution in [0.25, 0.3) is 0 Å². The minimum atomic E-state index is -0.545. The molecule has 98 valence electrons. The zero-order chi connectivity index (χ0) is 13.3. The molecule has 5 nitrogen and oxygen atoms in total. The van der Waals surface area contributed by atoms with Crippen LogP contribution >= 0.6 is 11.3 Å². The Bertz CT molecular complexity index is 456. The fourth-order valence-corrected chi connectivity index (χ4v) is 2.87. The molecule has 1 saturated heterocycles. The summed E-state index contributed by atoms with van der Waals surface area (Å²) < 4.78 is 0. The average molecular weight is 267 g/mol. The quantitative estimate of drug-likeness (QED) is 0.892. The van der Waals surface area contributed by atoms with Crippen molar-refractivity contribution < 1.29 is 9.59 Å². The van der Waals surface area contributed by atoms with Gasteiger partial charge in [-0.15, -0.1) is 11.3 Å². The minimum Gasteiger partial charge on any atom is -0.343 e. The van der Waals surface area contributed by atoms with E-state index in [4.69, 9.17) is 0 Å². The van der Waals surface area contributed by atoms with E-state index in [1.165, 1.54) is 11.3 Å². The summed E-state index contributed by atoms with van der Waals surface area (Å²) in [6.45, 7) is 5.84. The Hall–Kier alpha value is -1.43. The molecule has 18 heavy (non-hydrogen) atoms. The SMILES string of the molecule is CCC1NC(=O)CN(C(C)(C)c2nccs2)C1=O. The van der Waals surface area contributed by atoms with Gasteiger partial charge in [0.25, 0.3) is 0 Å². The molecule has 2 amide bonds. The van der Waals surface area contributed by atoms with Crippen molar-refractivity contribution in [1.82, 2.24) is 15.2 Å². The normalized spacial score (nSPS) is 21.1. The van der Waals surface area contributed by atoms with Crippen molar-refractivity contribution in [3.8, 4) is 0 Å². The van der Waals surface area contributed by atoms with E-state index in [1.807, 2.05) is 26.2 Å². The molecule has 0 saturated carbocycles. The van der Waals surface area contributed by atoms with Gasteiger partial charge in [-0.25, -0.2) is 4.98 Å². The van der Waals surface area contributed by atoms with Crippen LogP contribution in [0.1, 0.15) is 32.2 Å². The molecule has 1 N–H and O–H groups in total.